The summed E-state index contributed by atoms with van der Waals surface area (Å²) >= 11 is 5.81. The van der Waals surface area contributed by atoms with E-state index < -0.39 is 5.97 Å². The van der Waals surface area contributed by atoms with Gasteiger partial charge in [-0.05, 0) is 19.4 Å². The molecule has 1 rings (SSSR count). The summed E-state index contributed by atoms with van der Waals surface area (Å²) in [4.78, 5) is 10.5. The second kappa shape index (κ2) is 7.50. The highest BCUT2D eigenvalue weighted by Gasteiger charge is 1.99. The maximum absolute atomic E-state index is 10.5. The summed E-state index contributed by atoms with van der Waals surface area (Å²) in [7, 11) is 0. The molecule has 1 heterocycles. The molecule has 0 aliphatic carbocycles. The smallest absolute Gasteiger partial charge is 0.307 e. The summed E-state index contributed by atoms with van der Waals surface area (Å²) in [6.45, 7) is 1.94. The van der Waals surface area contributed by atoms with Crippen LogP contribution in [0.15, 0.2) is 42.8 Å². The lowest BCUT2D eigenvalue weighted by Crippen LogP contribution is -1.96. The van der Waals surface area contributed by atoms with Gasteiger partial charge in [-0.3, -0.25) is 4.79 Å². The van der Waals surface area contributed by atoms with E-state index in [9.17, 15) is 4.79 Å². The van der Waals surface area contributed by atoms with Crippen molar-refractivity contribution >= 4 is 23.3 Å². The van der Waals surface area contributed by atoms with E-state index in [2.05, 4.69) is 5.10 Å². The van der Waals surface area contributed by atoms with Gasteiger partial charge in [-0.1, -0.05) is 35.9 Å². The number of halogens is 1. The Balaban J connectivity index is 2.84. The SMILES string of the molecule is C/C=C/CC=C(/C=C/CC(=O)O)n1cc(Cl)cn1. The zero-order valence-electron chi connectivity index (χ0n) is 10.1. The summed E-state index contributed by atoms with van der Waals surface area (Å²) in [6.07, 6.45) is 13.1. The average Bonchev–Trinajstić information content (AvgIpc) is 2.73. The van der Waals surface area contributed by atoms with Crippen molar-refractivity contribution in [2.24, 2.45) is 0 Å². The Morgan fingerprint density at radius 2 is 2.33 bits per heavy atom. The van der Waals surface area contributed by atoms with Crippen LogP contribution in [0.25, 0.3) is 5.70 Å². The van der Waals surface area contributed by atoms with Gasteiger partial charge in [0.25, 0.3) is 0 Å². The predicted octanol–water partition coefficient (Wildman–Crippen LogP) is 3.37. The van der Waals surface area contributed by atoms with Gasteiger partial charge in [0.1, 0.15) is 0 Å². The van der Waals surface area contributed by atoms with E-state index in [1.54, 1.807) is 23.0 Å². The van der Waals surface area contributed by atoms with Crippen LogP contribution in [-0.4, -0.2) is 20.9 Å². The Labute approximate surface area is 111 Å². The van der Waals surface area contributed by atoms with E-state index in [0.717, 1.165) is 12.1 Å². The maximum Gasteiger partial charge on any atom is 0.307 e. The van der Waals surface area contributed by atoms with Crippen molar-refractivity contribution in [2.75, 3.05) is 0 Å². The fourth-order valence-corrected chi connectivity index (χ4v) is 1.42. The molecule has 0 spiro atoms. The van der Waals surface area contributed by atoms with Crippen molar-refractivity contribution in [2.45, 2.75) is 19.8 Å². The molecule has 5 heteroatoms. The summed E-state index contributed by atoms with van der Waals surface area (Å²) < 4.78 is 1.62. The fraction of sp³-hybridized carbons (Fsp3) is 0.231. The van der Waals surface area contributed by atoms with E-state index >= 15 is 0 Å². The Morgan fingerprint density at radius 1 is 1.56 bits per heavy atom. The van der Waals surface area contributed by atoms with Gasteiger partial charge < -0.3 is 5.11 Å². The average molecular weight is 267 g/mol. The molecular weight excluding hydrogens is 252 g/mol. The lowest BCUT2D eigenvalue weighted by molar-refractivity contribution is -0.135. The quantitative estimate of drug-likeness (QED) is 0.634. The zero-order chi connectivity index (χ0) is 13.4. The normalized spacial score (nSPS) is 12.7. The summed E-state index contributed by atoms with van der Waals surface area (Å²) in [6, 6.07) is 0. The molecule has 0 aliphatic heterocycles. The predicted molar refractivity (Wildman–Crippen MR) is 72.3 cm³/mol. The van der Waals surface area contributed by atoms with E-state index in [1.807, 2.05) is 25.2 Å². The van der Waals surface area contributed by atoms with Gasteiger partial charge >= 0.3 is 5.97 Å². The number of aliphatic carboxylic acids is 1. The minimum Gasteiger partial charge on any atom is -0.481 e. The molecule has 1 aromatic heterocycles. The van der Waals surface area contributed by atoms with Crippen LogP contribution in [0.2, 0.25) is 5.02 Å². The summed E-state index contributed by atoms with van der Waals surface area (Å²) in [5.74, 6) is -0.863. The lowest BCUT2D eigenvalue weighted by Gasteiger charge is -2.01. The molecule has 18 heavy (non-hydrogen) atoms. The number of aromatic nitrogens is 2. The molecule has 0 radical (unpaired) electrons. The first-order valence-electron chi connectivity index (χ1n) is 5.53. The Hall–Kier alpha value is -1.81. The molecule has 0 saturated carbocycles. The van der Waals surface area contributed by atoms with Crippen LogP contribution in [0.3, 0.4) is 0 Å². The Morgan fingerprint density at radius 3 is 2.89 bits per heavy atom. The summed E-state index contributed by atoms with van der Waals surface area (Å²) in [5.41, 5.74) is 0.793. The first-order chi connectivity index (χ1) is 8.63. The molecule has 1 aromatic rings. The van der Waals surface area contributed by atoms with Crippen LogP contribution in [0, 0.1) is 0 Å². The molecule has 0 fully saturated rings. The molecule has 0 aromatic carbocycles. The molecule has 4 nitrogen and oxygen atoms in total. The highest BCUT2D eigenvalue weighted by molar-refractivity contribution is 6.30. The van der Waals surface area contributed by atoms with Crippen LogP contribution < -0.4 is 0 Å². The van der Waals surface area contributed by atoms with Crippen molar-refractivity contribution in [3.63, 3.8) is 0 Å². The number of carboxylic acids is 1. The zero-order valence-corrected chi connectivity index (χ0v) is 10.8. The number of nitrogens with zero attached hydrogens (tertiary/aromatic N) is 2. The van der Waals surface area contributed by atoms with Gasteiger partial charge in [-0.25, -0.2) is 4.68 Å². The van der Waals surface area contributed by atoms with Gasteiger partial charge in [0.2, 0.25) is 0 Å². The minimum absolute atomic E-state index is 0.0179. The number of carboxylic acid groups (broad SMARTS) is 1. The van der Waals surface area contributed by atoms with Crippen LogP contribution in [0.1, 0.15) is 19.8 Å². The van der Waals surface area contributed by atoms with Gasteiger partial charge in [0.05, 0.1) is 23.3 Å². The number of hydrogen-bond donors (Lipinski definition) is 1. The monoisotopic (exact) mass is 266 g/mol. The number of allylic oxidation sites excluding steroid dienone is 5. The second-order valence-electron chi connectivity index (χ2n) is 3.54. The molecule has 0 saturated heterocycles. The van der Waals surface area contributed by atoms with E-state index in [4.69, 9.17) is 16.7 Å². The molecule has 0 bridgehead atoms. The first kappa shape index (κ1) is 14.3. The van der Waals surface area contributed by atoms with Gasteiger partial charge in [0, 0.05) is 6.20 Å². The number of rotatable bonds is 6. The maximum atomic E-state index is 10.5. The first-order valence-corrected chi connectivity index (χ1v) is 5.91. The van der Waals surface area contributed by atoms with Gasteiger partial charge in [-0.15, -0.1) is 0 Å². The van der Waals surface area contributed by atoms with Crippen molar-refractivity contribution in [1.29, 1.82) is 0 Å². The lowest BCUT2D eigenvalue weighted by atomic mass is 10.2. The van der Waals surface area contributed by atoms with Crippen LogP contribution in [-0.2, 0) is 4.79 Å². The molecule has 0 aliphatic rings. The highest BCUT2D eigenvalue weighted by atomic mass is 35.5. The number of hydrogen-bond acceptors (Lipinski definition) is 2. The summed E-state index contributed by atoms with van der Waals surface area (Å²) in [5, 5.41) is 13.2. The molecule has 0 atom stereocenters. The van der Waals surface area contributed by atoms with Gasteiger partial charge in [-0.2, -0.15) is 5.10 Å². The second-order valence-corrected chi connectivity index (χ2v) is 3.97. The van der Waals surface area contributed by atoms with Crippen LogP contribution >= 0.6 is 11.6 Å². The standard InChI is InChI=1S/C13H15ClN2O2/c1-2-3-4-6-12(7-5-8-13(17)18)16-10-11(14)9-15-16/h2-3,5-7,9-10H,4,8H2,1H3,(H,17,18)/b3-2+,7-5+,12-6?. The largest absolute Gasteiger partial charge is 0.481 e. The van der Waals surface area contributed by atoms with E-state index in [0.29, 0.717) is 5.02 Å². The van der Waals surface area contributed by atoms with E-state index in [1.165, 1.54) is 6.20 Å². The fourth-order valence-electron chi connectivity index (χ4n) is 1.29. The van der Waals surface area contributed by atoms with Crippen molar-refractivity contribution in [1.82, 2.24) is 9.78 Å². The van der Waals surface area contributed by atoms with E-state index in [-0.39, 0.29) is 6.42 Å². The van der Waals surface area contributed by atoms with Crippen molar-refractivity contribution in [3.05, 3.63) is 47.8 Å². The van der Waals surface area contributed by atoms with Crippen LogP contribution in [0.4, 0.5) is 0 Å². The molecule has 96 valence electrons. The molecule has 1 N–H and O–H groups in total. The van der Waals surface area contributed by atoms with Crippen molar-refractivity contribution < 1.29 is 9.90 Å². The van der Waals surface area contributed by atoms with Gasteiger partial charge in [0.15, 0.2) is 0 Å². The molecule has 0 unspecified atom stereocenters. The van der Waals surface area contributed by atoms with Crippen molar-refractivity contribution in [3.8, 4) is 0 Å². The Kier molecular flexibility index (Phi) is 5.94. The molecular formula is C13H15ClN2O2. The topological polar surface area (TPSA) is 55.1 Å². The third-order valence-corrected chi connectivity index (χ3v) is 2.29. The van der Waals surface area contributed by atoms with Crippen LogP contribution in [0.5, 0.6) is 0 Å². The number of carbonyl (C=O) groups is 1. The Bertz CT molecular complexity index is 487. The molecule has 0 amide bonds. The third kappa shape index (κ3) is 5.01. The minimum atomic E-state index is -0.863. The third-order valence-electron chi connectivity index (χ3n) is 2.10. The highest BCUT2D eigenvalue weighted by Crippen LogP contribution is 2.12.